The molecule has 0 aliphatic heterocycles. The Balaban J connectivity index is 2.28. The van der Waals surface area contributed by atoms with Gasteiger partial charge in [-0.15, -0.1) is 0 Å². The molecule has 104 valence electrons. The SMILES string of the molecule is COc1ccc(O)c(C(=O)Nc2ccc(C)nc2C)c1. The molecule has 0 aliphatic rings. The lowest BCUT2D eigenvalue weighted by Crippen LogP contribution is -2.13. The fraction of sp³-hybridized carbons (Fsp3) is 0.200. The lowest BCUT2D eigenvalue weighted by molar-refractivity contribution is 0.102. The smallest absolute Gasteiger partial charge is 0.259 e. The number of carbonyl (C=O) groups excluding carboxylic acids is 1. The van der Waals surface area contributed by atoms with E-state index in [1.807, 2.05) is 19.9 Å². The third-order valence-corrected chi connectivity index (χ3v) is 2.92. The van der Waals surface area contributed by atoms with Crippen molar-refractivity contribution >= 4 is 11.6 Å². The van der Waals surface area contributed by atoms with Crippen molar-refractivity contribution in [3.05, 3.63) is 47.3 Å². The van der Waals surface area contributed by atoms with Crippen LogP contribution >= 0.6 is 0 Å². The molecule has 0 aliphatic carbocycles. The molecule has 0 spiro atoms. The topological polar surface area (TPSA) is 71.5 Å². The van der Waals surface area contributed by atoms with Gasteiger partial charge in [-0.25, -0.2) is 0 Å². The number of rotatable bonds is 3. The minimum Gasteiger partial charge on any atom is -0.507 e. The fourth-order valence-electron chi connectivity index (χ4n) is 1.83. The maximum Gasteiger partial charge on any atom is 0.259 e. The Morgan fingerprint density at radius 3 is 2.65 bits per heavy atom. The molecule has 2 aromatic rings. The predicted octanol–water partition coefficient (Wildman–Crippen LogP) is 2.66. The zero-order chi connectivity index (χ0) is 14.7. The summed E-state index contributed by atoms with van der Waals surface area (Å²) in [4.78, 5) is 16.5. The van der Waals surface area contributed by atoms with Crippen LogP contribution in [0.1, 0.15) is 21.7 Å². The second-order valence-corrected chi connectivity index (χ2v) is 4.42. The number of aryl methyl sites for hydroxylation is 2. The highest BCUT2D eigenvalue weighted by Crippen LogP contribution is 2.24. The Morgan fingerprint density at radius 2 is 2.00 bits per heavy atom. The molecule has 1 amide bonds. The Morgan fingerprint density at radius 1 is 1.25 bits per heavy atom. The van der Waals surface area contributed by atoms with E-state index in [9.17, 15) is 9.90 Å². The number of phenols is 1. The van der Waals surface area contributed by atoms with Crippen LogP contribution in [-0.4, -0.2) is 23.1 Å². The molecule has 2 rings (SSSR count). The van der Waals surface area contributed by atoms with Gasteiger partial charge in [-0.05, 0) is 44.2 Å². The van der Waals surface area contributed by atoms with Crippen LogP contribution in [0.2, 0.25) is 0 Å². The van der Waals surface area contributed by atoms with E-state index in [4.69, 9.17) is 4.74 Å². The molecule has 2 N–H and O–H groups in total. The number of nitrogens with one attached hydrogen (secondary N) is 1. The monoisotopic (exact) mass is 272 g/mol. The number of hydrogen-bond acceptors (Lipinski definition) is 4. The second-order valence-electron chi connectivity index (χ2n) is 4.42. The summed E-state index contributed by atoms with van der Waals surface area (Å²) in [5.74, 6) is 0.00267. The maximum atomic E-state index is 12.2. The molecular formula is C15H16N2O3. The molecule has 5 heteroatoms. The van der Waals surface area contributed by atoms with Crippen LogP contribution in [-0.2, 0) is 0 Å². The largest absolute Gasteiger partial charge is 0.507 e. The van der Waals surface area contributed by atoms with E-state index >= 15 is 0 Å². The van der Waals surface area contributed by atoms with Gasteiger partial charge in [0, 0.05) is 5.69 Å². The Bertz CT molecular complexity index is 654. The van der Waals surface area contributed by atoms with Gasteiger partial charge in [-0.1, -0.05) is 0 Å². The molecule has 20 heavy (non-hydrogen) atoms. The predicted molar refractivity (Wildman–Crippen MR) is 76.3 cm³/mol. The average Bonchev–Trinajstić information content (AvgIpc) is 2.42. The van der Waals surface area contributed by atoms with Crippen LogP contribution in [0.5, 0.6) is 11.5 Å². The van der Waals surface area contributed by atoms with Crippen molar-refractivity contribution in [2.24, 2.45) is 0 Å². The minimum atomic E-state index is -0.407. The first-order valence-corrected chi connectivity index (χ1v) is 6.14. The van der Waals surface area contributed by atoms with E-state index in [1.54, 1.807) is 12.1 Å². The highest BCUT2D eigenvalue weighted by Gasteiger charge is 2.14. The number of pyridine rings is 1. The summed E-state index contributed by atoms with van der Waals surface area (Å²) in [6, 6.07) is 8.10. The fourth-order valence-corrected chi connectivity index (χ4v) is 1.83. The number of benzene rings is 1. The molecular weight excluding hydrogens is 256 g/mol. The first-order valence-electron chi connectivity index (χ1n) is 6.14. The summed E-state index contributed by atoms with van der Waals surface area (Å²) < 4.78 is 5.05. The number of carbonyl (C=O) groups is 1. The molecule has 1 heterocycles. The lowest BCUT2D eigenvalue weighted by Gasteiger charge is -2.10. The third-order valence-electron chi connectivity index (χ3n) is 2.92. The molecule has 0 fully saturated rings. The number of phenolic OH excluding ortho intramolecular Hbond substituents is 1. The lowest BCUT2D eigenvalue weighted by atomic mass is 10.1. The van der Waals surface area contributed by atoms with Gasteiger partial charge in [0.15, 0.2) is 0 Å². The second kappa shape index (κ2) is 5.61. The Kier molecular flexibility index (Phi) is 3.89. The van der Waals surface area contributed by atoms with Crippen molar-refractivity contribution in [1.29, 1.82) is 0 Å². The van der Waals surface area contributed by atoms with E-state index in [0.29, 0.717) is 11.4 Å². The van der Waals surface area contributed by atoms with Crippen LogP contribution < -0.4 is 10.1 Å². The molecule has 5 nitrogen and oxygen atoms in total. The quantitative estimate of drug-likeness (QED) is 0.901. The van der Waals surface area contributed by atoms with E-state index < -0.39 is 5.91 Å². The standard InChI is InChI=1S/C15H16N2O3/c1-9-4-6-13(10(2)16-9)17-15(19)12-8-11(20-3)5-7-14(12)18/h4-8,18H,1-3H3,(H,17,19). The molecule has 0 atom stereocenters. The third kappa shape index (κ3) is 2.88. The normalized spacial score (nSPS) is 10.2. The number of amides is 1. The van der Waals surface area contributed by atoms with Crippen molar-refractivity contribution in [1.82, 2.24) is 4.98 Å². The van der Waals surface area contributed by atoms with Crippen molar-refractivity contribution in [3.63, 3.8) is 0 Å². The van der Waals surface area contributed by atoms with Gasteiger partial charge in [0.2, 0.25) is 0 Å². The number of aromatic hydroxyl groups is 1. The molecule has 0 saturated carbocycles. The van der Waals surface area contributed by atoms with Gasteiger partial charge >= 0.3 is 0 Å². The number of aromatic nitrogens is 1. The van der Waals surface area contributed by atoms with Gasteiger partial charge < -0.3 is 15.2 Å². The summed E-state index contributed by atoms with van der Waals surface area (Å²) in [5.41, 5.74) is 2.37. The van der Waals surface area contributed by atoms with Crippen LogP contribution in [0.4, 0.5) is 5.69 Å². The maximum absolute atomic E-state index is 12.2. The van der Waals surface area contributed by atoms with Crippen LogP contribution in [0, 0.1) is 13.8 Å². The number of ether oxygens (including phenoxy) is 1. The summed E-state index contributed by atoms with van der Waals surface area (Å²) >= 11 is 0. The molecule has 1 aromatic heterocycles. The van der Waals surface area contributed by atoms with Gasteiger partial charge in [0.1, 0.15) is 11.5 Å². The molecule has 0 saturated heterocycles. The first-order chi connectivity index (χ1) is 9.51. The summed E-state index contributed by atoms with van der Waals surface area (Å²) in [5, 5.41) is 12.5. The van der Waals surface area contributed by atoms with E-state index in [0.717, 1.165) is 11.4 Å². The van der Waals surface area contributed by atoms with Gasteiger partial charge in [0.25, 0.3) is 5.91 Å². The average molecular weight is 272 g/mol. The van der Waals surface area contributed by atoms with E-state index in [1.165, 1.54) is 19.2 Å². The molecule has 0 radical (unpaired) electrons. The molecule has 0 bridgehead atoms. The van der Waals surface area contributed by atoms with E-state index in [2.05, 4.69) is 10.3 Å². The zero-order valence-electron chi connectivity index (χ0n) is 11.6. The number of methoxy groups -OCH3 is 1. The molecule has 0 unspecified atom stereocenters. The van der Waals surface area contributed by atoms with Crippen molar-refractivity contribution < 1.29 is 14.6 Å². The Hall–Kier alpha value is -2.56. The van der Waals surface area contributed by atoms with Crippen molar-refractivity contribution in [2.45, 2.75) is 13.8 Å². The number of anilines is 1. The summed E-state index contributed by atoms with van der Waals surface area (Å²) in [6.45, 7) is 3.69. The Labute approximate surface area is 117 Å². The first kappa shape index (κ1) is 13.9. The number of nitrogens with zero attached hydrogens (tertiary/aromatic N) is 1. The summed E-state index contributed by atoms with van der Waals surface area (Å²) in [7, 11) is 1.50. The van der Waals surface area contributed by atoms with Gasteiger partial charge in [0.05, 0.1) is 24.1 Å². The minimum absolute atomic E-state index is 0.0963. The molecule has 1 aromatic carbocycles. The summed E-state index contributed by atoms with van der Waals surface area (Å²) in [6.07, 6.45) is 0. The van der Waals surface area contributed by atoms with Gasteiger partial charge in [-0.3, -0.25) is 9.78 Å². The van der Waals surface area contributed by atoms with Crippen LogP contribution in [0.3, 0.4) is 0 Å². The van der Waals surface area contributed by atoms with E-state index in [-0.39, 0.29) is 11.3 Å². The highest BCUT2D eigenvalue weighted by atomic mass is 16.5. The van der Waals surface area contributed by atoms with Crippen LogP contribution in [0.25, 0.3) is 0 Å². The van der Waals surface area contributed by atoms with Crippen LogP contribution in [0.15, 0.2) is 30.3 Å². The zero-order valence-corrected chi connectivity index (χ0v) is 11.6. The van der Waals surface area contributed by atoms with Crippen molar-refractivity contribution in [2.75, 3.05) is 12.4 Å². The number of hydrogen-bond donors (Lipinski definition) is 2. The van der Waals surface area contributed by atoms with Crippen molar-refractivity contribution in [3.8, 4) is 11.5 Å². The van der Waals surface area contributed by atoms with Gasteiger partial charge in [-0.2, -0.15) is 0 Å². The highest BCUT2D eigenvalue weighted by molar-refractivity contribution is 6.06.